The fraction of sp³-hybridized carbons (Fsp3) is 0.231. The molecule has 0 saturated carbocycles. The van der Waals surface area contributed by atoms with Crippen LogP contribution in [-0.2, 0) is 11.8 Å². The Morgan fingerprint density at radius 2 is 1.92 bits per heavy atom. The first-order valence-corrected chi connectivity index (χ1v) is 11.7. The summed E-state index contributed by atoms with van der Waals surface area (Å²) in [5, 5.41) is 31.2. The molecule has 0 bridgehead atoms. The van der Waals surface area contributed by atoms with Gasteiger partial charge in [0.05, 0.1) is 22.8 Å². The molecule has 0 saturated heterocycles. The summed E-state index contributed by atoms with van der Waals surface area (Å²) >= 11 is 6.82. The van der Waals surface area contributed by atoms with E-state index < -0.39 is 18.1 Å². The number of aromatic nitrogens is 2. The summed E-state index contributed by atoms with van der Waals surface area (Å²) in [5.41, 5.74) is 2.24. The number of nitrogens with one attached hydrogen (secondary N) is 2. The second-order valence-electron chi connectivity index (χ2n) is 8.78. The molecule has 2 heterocycles. The van der Waals surface area contributed by atoms with Gasteiger partial charge < -0.3 is 30.3 Å². The molecule has 0 amide bonds. The third kappa shape index (κ3) is 4.27. The summed E-state index contributed by atoms with van der Waals surface area (Å²) in [6, 6.07) is 16.8. The van der Waals surface area contributed by atoms with Crippen molar-refractivity contribution in [3.8, 4) is 22.6 Å². The molecule has 10 heteroatoms. The molecular formula is C26H25ClN4O5. The van der Waals surface area contributed by atoms with E-state index >= 15 is 0 Å². The van der Waals surface area contributed by atoms with Crippen molar-refractivity contribution in [2.24, 2.45) is 7.05 Å². The van der Waals surface area contributed by atoms with Crippen molar-refractivity contribution in [1.29, 1.82) is 0 Å². The minimum absolute atomic E-state index is 0.505. The number of carboxylic acids is 1. The summed E-state index contributed by atoms with van der Waals surface area (Å²) < 4.78 is 13.0. The number of aliphatic hydroxyl groups is 1. The summed E-state index contributed by atoms with van der Waals surface area (Å²) in [4.78, 5) is 11.6. The fourth-order valence-corrected chi connectivity index (χ4v) is 4.38. The van der Waals surface area contributed by atoms with Gasteiger partial charge >= 0.3 is 5.97 Å². The van der Waals surface area contributed by atoms with E-state index in [-0.39, 0.29) is 0 Å². The monoisotopic (exact) mass is 508 g/mol. The van der Waals surface area contributed by atoms with Crippen molar-refractivity contribution < 1.29 is 24.5 Å². The van der Waals surface area contributed by atoms with Crippen LogP contribution in [0.1, 0.15) is 6.92 Å². The van der Waals surface area contributed by atoms with E-state index in [0.29, 0.717) is 46.9 Å². The Kier molecular flexibility index (Phi) is 6.11. The van der Waals surface area contributed by atoms with Crippen molar-refractivity contribution in [3.63, 3.8) is 0 Å². The van der Waals surface area contributed by atoms with Gasteiger partial charge in [-0.1, -0.05) is 29.8 Å². The maximum atomic E-state index is 11.6. The Bertz CT molecular complexity index is 1470. The highest BCUT2D eigenvalue weighted by molar-refractivity contribution is 6.36. The molecule has 1 aromatic heterocycles. The SMILES string of the molecule is Cn1nc(Nc2cccc(-c3ccc4c(c3)OCCO4)c2Cl)c2ccc(NC(C)(CO)C(=O)O)cc21. The van der Waals surface area contributed by atoms with Gasteiger partial charge in [-0.25, -0.2) is 4.79 Å². The standard InChI is InChI=1S/C26H25ClN4O5/c1-26(14-32,25(33)34)29-16-7-8-18-20(13-16)31(2)30-24(18)28-19-5-3-4-17(23(19)27)15-6-9-21-22(12-15)36-11-10-35-21/h3-9,12-13,29,32H,10-11,14H2,1-2H3,(H,28,30)(H,33,34). The van der Waals surface area contributed by atoms with E-state index in [9.17, 15) is 15.0 Å². The molecule has 4 aromatic rings. The Labute approximate surface area is 212 Å². The van der Waals surface area contributed by atoms with Gasteiger partial charge in [0.25, 0.3) is 0 Å². The number of aliphatic carboxylic acids is 1. The van der Waals surface area contributed by atoms with Gasteiger partial charge in [-0.3, -0.25) is 4.68 Å². The zero-order chi connectivity index (χ0) is 25.4. The van der Waals surface area contributed by atoms with Crippen molar-refractivity contribution in [3.05, 3.63) is 59.6 Å². The highest BCUT2D eigenvalue weighted by atomic mass is 35.5. The van der Waals surface area contributed by atoms with Crippen LogP contribution < -0.4 is 20.1 Å². The molecule has 36 heavy (non-hydrogen) atoms. The van der Waals surface area contributed by atoms with Crippen LogP contribution in [0, 0.1) is 0 Å². The molecule has 1 atom stereocenters. The molecule has 9 nitrogen and oxygen atoms in total. The molecule has 0 spiro atoms. The normalized spacial score (nSPS) is 14.3. The highest BCUT2D eigenvalue weighted by Crippen LogP contribution is 2.40. The zero-order valence-corrected chi connectivity index (χ0v) is 20.5. The molecule has 186 valence electrons. The molecule has 4 N–H and O–H groups in total. The summed E-state index contributed by atoms with van der Waals surface area (Å²) in [7, 11) is 1.80. The molecule has 0 radical (unpaired) electrons. The first kappa shape index (κ1) is 23.8. The summed E-state index contributed by atoms with van der Waals surface area (Å²) in [6.45, 7) is 1.90. The first-order chi connectivity index (χ1) is 17.3. The van der Waals surface area contributed by atoms with Crippen molar-refractivity contribution in [2.45, 2.75) is 12.5 Å². The number of rotatable bonds is 7. The number of hydrogen-bond acceptors (Lipinski definition) is 7. The maximum Gasteiger partial charge on any atom is 0.331 e. The predicted molar refractivity (Wildman–Crippen MR) is 139 cm³/mol. The largest absolute Gasteiger partial charge is 0.486 e. The fourth-order valence-electron chi connectivity index (χ4n) is 4.10. The van der Waals surface area contributed by atoms with Crippen LogP contribution in [0.4, 0.5) is 17.2 Å². The molecule has 0 aliphatic carbocycles. The molecule has 1 aliphatic heterocycles. The smallest absolute Gasteiger partial charge is 0.331 e. The molecule has 1 aliphatic rings. The number of aryl methyl sites for hydroxylation is 1. The van der Waals surface area contributed by atoms with Crippen LogP contribution in [0.15, 0.2) is 54.6 Å². The number of hydrogen-bond donors (Lipinski definition) is 4. The van der Waals surface area contributed by atoms with Crippen molar-refractivity contribution in [1.82, 2.24) is 9.78 Å². The molecule has 3 aromatic carbocycles. The van der Waals surface area contributed by atoms with Gasteiger partial charge in [0.1, 0.15) is 13.2 Å². The van der Waals surface area contributed by atoms with Gasteiger partial charge in [0.2, 0.25) is 0 Å². The average molecular weight is 509 g/mol. The summed E-state index contributed by atoms with van der Waals surface area (Å²) in [6.07, 6.45) is 0. The number of nitrogens with zero attached hydrogens (tertiary/aromatic N) is 2. The second-order valence-corrected chi connectivity index (χ2v) is 9.15. The lowest BCUT2D eigenvalue weighted by atomic mass is 10.0. The van der Waals surface area contributed by atoms with Crippen molar-refractivity contribution >= 4 is 45.7 Å². The minimum Gasteiger partial charge on any atom is -0.486 e. The number of carbonyl (C=O) groups is 1. The summed E-state index contributed by atoms with van der Waals surface area (Å²) in [5.74, 6) is 0.855. The average Bonchev–Trinajstić information content (AvgIpc) is 3.19. The van der Waals surface area contributed by atoms with Gasteiger partial charge in [0, 0.05) is 23.7 Å². The number of halogens is 1. The number of benzene rings is 3. The van der Waals surface area contributed by atoms with Crippen molar-refractivity contribution in [2.75, 3.05) is 30.5 Å². The Balaban J connectivity index is 1.46. The maximum absolute atomic E-state index is 11.6. The van der Waals surface area contributed by atoms with Crippen LogP contribution in [0.25, 0.3) is 22.0 Å². The quantitative estimate of drug-likeness (QED) is 0.285. The van der Waals surface area contributed by atoms with E-state index in [1.807, 2.05) is 42.5 Å². The second kappa shape index (κ2) is 9.25. The van der Waals surface area contributed by atoms with Crippen LogP contribution in [0.3, 0.4) is 0 Å². The number of fused-ring (bicyclic) bond motifs is 2. The molecular weight excluding hydrogens is 484 g/mol. The van der Waals surface area contributed by atoms with Crippen LogP contribution in [0.5, 0.6) is 11.5 Å². The lowest BCUT2D eigenvalue weighted by Crippen LogP contribution is -2.46. The molecule has 1 unspecified atom stereocenters. The molecule has 0 fully saturated rings. The Morgan fingerprint density at radius 1 is 1.14 bits per heavy atom. The van der Waals surface area contributed by atoms with E-state index in [0.717, 1.165) is 22.0 Å². The zero-order valence-electron chi connectivity index (χ0n) is 19.7. The van der Waals surface area contributed by atoms with Gasteiger partial charge in [-0.2, -0.15) is 5.10 Å². The Hall–Kier alpha value is -3.95. The lowest BCUT2D eigenvalue weighted by molar-refractivity contribution is -0.143. The van der Waals surface area contributed by atoms with E-state index in [1.54, 1.807) is 23.9 Å². The first-order valence-electron chi connectivity index (χ1n) is 11.3. The van der Waals surface area contributed by atoms with E-state index in [1.165, 1.54) is 6.92 Å². The molecule has 5 rings (SSSR count). The third-order valence-corrected chi connectivity index (χ3v) is 6.57. The number of carboxylic acid groups (broad SMARTS) is 1. The lowest BCUT2D eigenvalue weighted by Gasteiger charge is -2.25. The Morgan fingerprint density at radius 3 is 2.67 bits per heavy atom. The topological polar surface area (TPSA) is 118 Å². The highest BCUT2D eigenvalue weighted by Gasteiger charge is 2.32. The van der Waals surface area contributed by atoms with Gasteiger partial charge in [0.15, 0.2) is 22.9 Å². The van der Waals surface area contributed by atoms with Gasteiger partial charge in [-0.15, -0.1) is 0 Å². The van der Waals surface area contributed by atoms with Crippen LogP contribution in [-0.4, -0.2) is 51.3 Å². The van der Waals surface area contributed by atoms with E-state index in [2.05, 4.69) is 15.7 Å². The predicted octanol–water partition coefficient (Wildman–Crippen LogP) is 4.66. The minimum atomic E-state index is -1.50. The van der Waals surface area contributed by atoms with Crippen LogP contribution in [0.2, 0.25) is 5.02 Å². The van der Waals surface area contributed by atoms with E-state index in [4.69, 9.17) is 21.1 Å². The number of ether oxygens (including phenoxy) is 2. The third-order valence-electron chi connectivity index (χ3n) is 6.16. The van der Waals surface area contributed by atoms with Gasteiger partial charge in [-0.05, 0) is 48.9 Å². The number of aliphatic hydroxyl groups excluding tert-OH is 1. The van der Waals surface area contributed by atoms with Crippen LogP contribution >= 0.6 is 11.6 Å². The number of anilines is 3.